The quantitative estimate of drug-likeness (QED) is 0.535. The topological polar surface area (TPSA) is 0 Å². The zero-order valence-electron chi connectivity index (χ0n) is 9.35. The molecule has 0 saturated heterocycles. The minimum absolute atomic E-state index is 0.306. The van der Waals surface area contributed by atoms with E-state index < -0.39 is 0 Å². The van der Waals surface area contributed by atoms with Crippen LogP contribution >= 0.6 is 0 Å². The summed E-state index contributed by atoms with van der Waals surface area (Å²) in [6.07, 6.45) is 5.03. The van der Waals surface area contributed by atoms with E-state index in [2.05, 4.69) is 47.8 Å². The molecule has 0 N–H and O–H groups in total. The Hall–Kier alpha value is -0.520. The van der Waals surface area contributed by atoms with Gasteiger partial charge in [0.25, 0.3) is 0 Å². The summed E-state index contributed by atoms with van der Waals surface area (Å²) < 4.78 is 0. The maximum absolute atomic E-state index is 3.63. The first-order valence-corrected chi connectivity index (χ1v) is 4.58. The van der Waals surface area contributed by atoms with Gasteiger partial charge in [-0.15, -0.1) is 13.2 Å². The Morgan fingerprint density at radius 2 is 1.50 bits per heavy atom. The van der Waals surface area contributed by atoms with Crippen molar-refractivity contribution in [1.29, 1.82) is 0 Å². The standard InChI is InChI=1S/2C6H12/c1-5-6(2,3)4;1-4-5-6(2)3/h5H,1H2,2-4H3;4,6H,1,5H2,2-3H3. The Bertz CT molecular complexity index is 112. The van der Waals surface area contributed by atoms with Gasteiger partial charge in [-0.2, -0.15) is 0 Å². The van der Waals surface area contributed by atoms with Crippen molar-refractivity contribution >= 4 is 0 Å². The monoisotopic (exact) mass is 168 g/mol. The highest BCUT2D eigenvalue weighted by Gasteiger charge is 1.99. The van der Waals surface area contributed by atoms with Crippen LogP contribution in [0.1, 0.15) is 41.0 Å². The predicted molar refractivity (Wildman–Crippen MR) is 59.3 cm³/mol. The Labute approximate surface area is 78.4 Å². The molecule has 0 atom stereocenters. The van der Waals surface area contributed by atoms with E-state index in [1.807, 2.05) is 12.2 Å². The molecule has 0 aromatic rings. The van der Waals surface area contributed by atoms with Gasteiger partial charge in [-0.05, 0) is 17.8 Å². The first-order valence-electron chi connectivity index (χ1n) is 4.58. The highest BCUT2D eigenvalue weighted by Crippen LogP contribution is 2.11. The number of rotatable bonds is 2. The SMILES string of the molecule is C=CC(C)(C)C.C=CCC(C)C. The van der Waals surface area contributed by atoms with Gasteiger partial charge in [-0.25, -0.2) is 0 Å². The largest absolute Gasteiger partial charge is 0.103 e. The Balaban J connectivity index is 0. The summed E-state index contributed by atoms with van der Waals surface area (Å²) in [7, 11) is 0. The summed E-state index contributed by atoms with van der Waals surface area (Å²) in [5.74, 6) is 0.780. The summed E-state index contributed by atoms with van der Waals surface area (Å²) in [6.45, 7) is 18.0. The first-order chi connectivity index (χ1) is 5.33. The summed E-state index contributed by atoms with van der Waals surface area (Å²) in [5, 5.41) is 0. The Morgan fingerprint density at radius 3 is 1.50 bits per heavy atom. The molecule has 12 heavy (non-hydrogen) atoms. The van der Waals surface area contributed by atoms with Crippen LogP contribution in [0.5, 0.6) is 0 Å². The molecule has 0 heterocycles. The molecule has 0 nitrogen and oxygen atoms in total. The summed E-state index contributed by atoms with van der Waals surface area (Å²) in [4.78, 5) is 0. The average Bonchev–Trinajstić information content (AvgIpc) is 1.87. The van der Waals surface area contributed by atoms with E-state index >= 15 is 0 Å². The van der Waals surface area contributed by atoms with Gasteiger partial charge in [-0.3, -0.25) is 0 Å². The van der Waals surface area contributed by atoms with Crippen LogP contribution in [-0.2, 0) is 0 Å². The van der Waals surface area contributed by atoms with Gasteiger partial charge in [0.2, 0.25) is 0 Å². The molecule has 0 unspecified atom stereocenters. The van der Waals surface area contributed by atoms with Crippen molar-refractivity contribution in [3.63, 3.8) is 0 Å². The molecule has 0 heteroatoms. The van der Waals surface area contributed by atoms with Gasteiger partial charge in [0.05, 0.1) is 0 Å². The third-order valence-electron chi connectivity index (χ3n) is 1.25. The summed E-state index contributed by atoms with van der Waals surface area (Å²) in [5.41, 5.74) is 0.306. The molecule has 0 aliphatic heterocycles. The van der Waals surface area contributed by atoms with Crippen molar-refractivity contribution in [3.8, 4) is 0 Å². The van der Waals surface area contributed by atoms with Crippen LogP contribution in [0.3, 0.4) is 0 Å². The predicted octanol–water partition coefficient (Wildman–Crippen LogP) is 4.44. The average molecular weight is 168 g/mol. The number of hydrogen-bond donors (Lipinski definition) is 0. The molecule has 0 amide bonds. The van der Waals surface area contributed by atoms with Crippen LogP contribution in [0.4, 0.5) is 0 Å². The minimum Gasteiger partial charge on any atom is -0.103 e. The molecule has 0 saturated carbocycles. The van der Waals surface area contributed by atoms with Gasteiger partial charge in [0, 0.05) is 0 Å². The fraction of sp³-hybridized carbons (Fsp3) is 0.667. The second-order valence-corrected chi connectivity index (χ2v) is 4.49. The van der Waals surface area contributed by atoms with E-state index in [9.17, 15) is 0 Å². The van der Waals surface area contributed by atoms with E-state index in [0.29, 0.717) is 5.41 Å². The maximum Gasteiger partial charge on any atom is -0.0206 e. The van der Waals surface area contributed by atoms with Crippen molar-refractivity contribution in [2.75, 3.05) is 0 Å². The van der Waals surface area contributed by atoms with Gasteiger partial charge in [-0.1, -0.05) is 46.8 Å². The lowest BCUT2D eigenvalue weighted by Crippen LogP contribution is -1.96. The number of allylic oxidation sites excluding steroid dienone is 2. The Kier molecular flexibility index (Phi) is 8.36. The van der Waals surface area contributed by atoms with Crippen LogP contribution in [0.25, 0.3) is 0 Å². The summed E-state index contributed by atoms with van der Waals surface area (Å²) in [6, 6.07) is 0. The summed E-state index contributed by atoms with van der Waals surface area (Å²) >= 11 is 0. The zero-order chi connectivity index (χ0) is 10.2. The molecular weight excluding hydrogens is 144 g/mol. The molecule has 0 aliphatic carbocycles. The zero-order valence-corrected chi connectivity index (χ0v) is 9.35. The van der Waals surface area contributed by atoms with Crippen LogP contribution in [-0.4, -0.2) is 0 Å². The normalized spacial score (nSPS) is 10.2. The van der Waals surface area contributed by atoms with Crippen molar-refractivity contribution in [2.45, 2.75) is 41.0 Å². The number of hydrogen-bond acceptors (Lipinski definition) is 0. The molecule has 0 rings (SSSR count). The minimum atomic E-state index is 0.306. The fourth-order valence-corrected chi connectivity index (χ4v) is 0.333. The van der Waals surface area contributed by atoms with E-state index in [0.717, 1.165) is 12.3 Å². The molecular formula is C12H24. The molecule has 0 aliphatic rings. The Morgan fingerprint density at radius 1 is 1.17 bits per heavy atom. The molecule has 0 fully saturated rings. The van der Waals surface area contributed by atoms with E-state index in [1.54, 1.807) is 0 Å². The molecule has 0 bridgehead atoms. The van der Waals surface area contributed by atoms with E-state index in [-0.39, 0.29) is 0 Å². The lowest BCUT2D eigenvalue weighted by Gasteiger charge is -2.08. The molecule has 0 radical (unpaired) electrons. The smallest absolute Gasteiger partial charge is 0.0206 e. The van der Waals surface area contributed by atoms with Gasteiger partial charge < -0.3 is 0 Å². The van der Waals surface area contributed by atoms with E-state index in [4.69, 9.17) is 0 Å². The highest BCUT2D eigenvalue weighted by atomic mass is 14.0. The molecule has 0 aromatic carbocycles. The van der Waals surface area contributed by atoms with Crippen LogP contribution in [0.15, 0.2) is 25.3 Å². The van der Waals surface area contributed by atoms with Crippen molar-refractivity contribution in [1.82, 2.24) is 0 Å². The molecule has 0 spiro atoms. The van der Waals surface area contributed by atoms with Crippen molar-refractivity contribution < 1.29 is 0 Å². The molecule has 72 valence electrons. The van der Waals surface area contributed by atoms with Crippen LogP contribution in [0, 0.1) is 11.3 Å². The third-order valence-corrected chi connectivity index (χ3v) is 1.25. The third kappa shape index (κ3) is 22.7. The highest BCUT2D eigenvalue weighted by molar-refractivity contribution is 4.82. The first kappa shape index (κ1) is 14.0. The van der Waals surface area contributed by atoms with Crippen molar-refractivity contribution in [2.24, 2.45) is 11.3 Å². The fourth-order valence-electron chi connectivity index (χ4n) is 0.333. The second-order valence-electron chi connectivity index (χ2n) is 4.49. The molecule has 0 aromatic heterocycles. The van der Waals surface area contributed by atoms with Gasteiger partial charge >= 0.3 is 0 Å². The van der Waals surface area contributed by atoms with E-state index in [1.165, 1.54) is 0 Å². The van der Waals surface area contributed by atoms with Gasteiger partial charge in [0.1, 0.15) is 0 Å². The van der Waals surface area contributed by atoms with Crippen LogP contribution in [0.2, 0.25) is 0 Å². The lowest BCUT2D eigenvalue weighted by molar-refractivity contribution is 0.546. The second kappa shape index (κ2) is 7.15. The van der Waals surface area contributed by atoms with Crippen LogP contribution < -0.4 is 0 Å². The van der Waals surface area contributed by atoms with Gasteiger partial charge in [0.15, 0.2) is 0 Å². The lowest BCUT2D eigenvalue weighted by atomic mass is 9.98. The maximum atomic E-state index is 3.63. The van der Waals surface area contributed by atoms with Crippen molar-refractivity contribution in [3.05, 3.63) is 25.3 Å².